The standard InChI is InChI=1S/C21H42O2/c1-4-6-8-10-11-12-13-14-15-17-19-23-21(22)20(3)18-16-9-7-5-2/h20H,4-19H2,1-3H3/t20-/m0/s1. The van der Waals surface area contributed by atoms with E-state index in [1.807, 2.05) is 6.92 Å². The fourth-order valence-electron chi connectivity index (χ4n) is 2.90. The summed E-state index contributed by atoms with van der Waals surface area (Å²) in [5, 5.41) is 0. The molecule has 0 saturated carbocycles. The Hall–Kier alpha value is -0.530. The van der Waals surface area contributed by atoms with Gasteiger partial charge in [-0.25, -0.2) is 0 Å². The van der Waals surface area contributed by atoms with E-state index in [0.717, 1.165) is 19.3 Å². The highest BCUT2D eigenvalue weighted by Crippen LogP contribution is 2.13. The van der Waals surface area contributed by atoms with E-state index in [1.54, 1.807) is 0 Å². The second kappa shape index (κ2) is 17.8. The summed E-state index contributed by atoms with van der Waals surface area (Å²) in [5.74, 6) is 0.0902. The molecule has 0 aromatic rings. The van der Waals surface area contributed by atoms with Crippen LogP contribution >= 0.6 is 0 Å². The third-order valence-corrected chi connectivity index (χ3v) is 4.64. The molecule has 0 heterocycles. The third kappa shape index (κ3) is 16.1. The Bertz CT molecular complexity index is 250. The van der Waals surface area contributed by atoms with Gasteiger partial charge in [0.25, 0.3) is 0 Å². The minimum Gasteiger partial charge on any atom is -0.465 e. The van der Waals surface area contributed by atoms with Gasteiger partial charge in [0, 0.05) is 0 Å². The van der Waals surface area contributed by atoms with Gasteiger partial charge in [-0.15, -0.1) is 0 Å². The number of hydrogen-bond donors (Lipinski definition) is 0. The lowest BCUT2D eigenvalue weighted by Gasteiger charge is -2.11. The lowest BCUT2D eigenvalue weighted by Crippen LogP contribution is -2.15. The van der Waals surface area contributed by atoms with Crippen LogP contribution in [-0.4, -0.2) is 12.6 Å². The van der Waals surface area contributed by atoms with E-state index in [2.05, 4.69) is 13.8 Å². The van der Waals surface area contributed by atoms with Crippen molar-refractivity contribution in [3.63, 3.8) is 0 Å². The SMILES string of the molecule is CCCCCCCCCCCCOC(=O)[C@@H](C)CCCCCC. The number of hydrogen-bond acceptors (Lipinski definition) is 2. The van der Waals surface area contributed by atoms with Crippen LogP contribution in [0.2, 0.25) is 0 Å². The second-order valence-electron chi connectivity index (χ2n) is 7.10. The van der Waals surface area contributed by atoms with Crippen molar-refractivity contribution < 1.29 is 9.53 Å². The molecular formula is C21H42O2. The van der Waals surface area contributed by atoms with Crippen LogP contribution in [0.25, 0.3) is 0 Å². The summed E-state index contributed by atoms with van der Waals surface area (Å²) < 4.78 is 5.39. The topological polar surface area (TPSA) is 26.3 Å². The van der Waals surface area contributed by atoms with Gasteiger partial charge in [-0.2, -0.15) is 0 Å². The van der Waals surface area contributed by atoms with Gasteiger partial charge in [0.1, 0.15) is 0 Å². The molecule has 138 valence electrons. The maximum Gasteiger partial charge on any atom is 0.308 e. The summed E-state index contributed by atoms with van der Waals surface area (Å²) in [6, 6.07) is 0. The number of rotatable bonds is 17. The van der Waals surface area contributed by atoms with Crippen LogP contribution in [0.15, 0.2) is 0 Å². The zero-order valence-electron chi connectivity index (χ0n) is 16.2. The molecule has 2 nitrogen and oxygen atoms in total. The molecule has 0 spiro atoms. The monoisotopic (exact) mass is 326 g/mol. The molecule has 0 aliphatic carbocycles. The molecule has 0 unspecified atom stereocenters. The predicted molar refractivity (Wildman–Crippen MR) is 101 cm³/mol. The van der Waals surface area contributed by atoms with Crippen molar-refractivity contribution in [2.45, 2.75) is 117 Å². The number of unbranched alkanes of at least 4 members (excludes halogenated alkanes) is 12. The van der Waals surface area contributed by atoms with Gasteiger partial charge in [-0.3, -0.25) is 4.79 Å². The van der Waals surface area contributed by atoms with Crippen LogP contribution in [0.3, 0.4) is 0 Å². The van der Waals surface area contributed by atoms with Gasteiger partial charge in [0.05, 0.1) is 12.5 Å². The fraction of sp³-hybridized carbons (Fsp3) is 0.952. The van der Waals surface area contributed by atoms with E-state index in [0.29, 0.717) is 6.61 Å². The van der Waals surface area contributed by atoms with Gasteiger partial charge in [-0.05, 0) is 12.8 Å². The maximum absolute atomic E-state index is 11.8. The van der Waals surface area contributed by atoms with Gasteiger partial charge in [-0.1, -0.05) is 104 Å². The first-order valence-electron chi connectivity index (χ1n) is 10.4. The molecule has 0 aliphatic heterocycles. The van der Waals surface area contributed by atoms with Gasteiger partial charge < -0.3 is 4.74 Å². The van der Waals surface area contributed by atoms with Crippen molar-refractivity contribution in [3.8, 4) is 0 Å². The van der Waals surface area contributed by atoms with Gasteiger partial charge >= 0.3 is 5.97 Å². The Balaban J connectivity index is 3.28. The number of ether oxygens (including phenoxy) is 1. The van der Waals surface area contributed by atoms with Crippen LogP contribution in [0, 0.1) is 5.92 Å². The fourth-order valence-corrected chi connectivity index (χ4v) is 2.90. The van der Waals surface area contributed by atoms with Crippen molar-refractivity contribution in [2.75, 3.05) is 6.61 Å². The lowest BCUT2D eigenvalue weighted by atomic mass is 10.0. The average molecular weight is 327 g/mol. The molecule has 23 heavy (non-hydrogen) atoms. The van der Waals surface area contributed by atoms with E-state index >= 15 is 0 Å². The second-order valence-corrected chi connectivity index (χ2v) is 7.10. The van der Waals surface area contributed by atoms with Crippen molar-refractivity contribution in [2.24, 2.45) is 5.92 Å². The molecular weight excluding hydrogens is 284 g/mol. The van der Waals surface area contributed by atoms with Crippen molar-refractivity contribution in [1.82, 2.24) is 0 Å². The zero-order valence-corrected chi connectivity index (χ0v) is 16.2. The van der Waals surface area contributed by atoms with E-state index in [9.17, 15) is 4.79 Å². The van der Waals surface area contributed by atoms with Gasteiger partial charge in [0.15, 0.2) is 0 Å². The molecule has 0 saturated heterocycles. The molecule has 0 aromatic carbocycles. The Morgan fingerprint density at radius 2 is 1.13 bits per heavy atom. The highest BCUT2D eigenvalue weighted by molar-refractivity contribution is 5.71. The predicted octanol–water partition coefficient (Wildman–Crippen LogP) is 7.06. The summed E-state index contributed by atoms with van der Waals surface area (Å²) in [5.41, 5.74) is 0. The minimum absolute atomic E-state index is 0.0115. The summed E-state index contributed by atoms with van der Waals surface area (Å²) in [7, 11) is 0. The van der Waals surface area contributed by atoms with Gasteiger partial charge in [0.2, 0.25) is 0 Å². The maximum atomic E-state index is 11.8. The van der Waals surface area contributed by atoms with Crippen molar-refractivity contribution in [1.29, 1.82) is 0 Å². The molecule has 1 atom stereocenters. The van der Waals surface area contributed by atoms with Crippen LogP contribution in [0.1, 0.15) is 117 Å². The Morgan fingerprint density at radius 1 is 0.696 bits per heavy atom. The van der Waals surface area contributed by atoms with E-state index in [4.69, 9.17) is 4.74 Å². The van der Waals surface area contributed by atoms with Crippen LogP contribution in [-0.2, 0) is 9.53 Å². The van der Waals surface area contributed by atoms with Crippen molar-refractivity contribution in [3.05, 3.63) is 0 Å². The highest BCUT2D eigenvalue weighted by atomic mass is 16.5. The van der Waals surface area contributed by atoms with E-state index in [-0.39, 0.29) is 11.9 Å². The summed E-state index contributed by atoms with van der Waals surface area (Å²) in [6.07, 6.45) is 19.1. The molecule has 0 aliphatic rings. The summed E-state index contributed by atoms with van der Waals surface area (Å²) >= 11 is 0. The zero-order chi connectivity index (χ0) is 17.2. The van der Waals surface area contributed by atoms with E-state index in [1.165, 1.54) is 77.0 Å². The van der Waals surface area contributed by atoms with Crippen LogP contribution in [0.4, 0.5) is 0 Å². The molecule has 0 fully saturated rings. The third-order valence-electron chi connectivity index (χ3n) is 4.64. The molecule has 2 heteroatoms. The summed E-state index contributed by atoms with van der Waals surface area (Å²) in [4.78, 5) is 11.8. The minimum atomic E-state index is 0.0115. The number of esters is 1. The summed E-state index contributed by atoms with van der Waals surface area (Å²) in [6.45, 7) is 7.10. The molecule has 0 bridgehead atoms. The molecule has 0 amide bonds. The quantitative estimate of drug-likeness (QED) is 0.211. The Kier molecular flexibility index (Phi) is 17.4. The van der Waals surface area contributed by atoms with E-state index < -0.39 is 0 Å². The molecule has 0 aromatic heterocycles. The number of carbonyl (C=O) groups excluding carboxylic acids is 1. The lowest BCUT2D eigenvalue weighted by molar-refractivity contribution is -0.148. The first-order valence-corrected chi connectivity index (χ1v) is 10.4. The average Bonchev–Trinajstić information content (AvgIpc) is 2.56. The highest BCUT2D eigenvalue weighted by Gasteiger charge is 2.13. The number of carbonyl (C=O) groups is 1. The smallest absolute Gasteiger partial charge is 0.308 e. The Labute approximate surface area is 145 Å². The largest absolute Gasteiger partial charge is 0.465 e. The van der Waals surface area contributed by atoms with Crippen molar-refractivity contribution >= 4 is 5.97 Å². The molecule has 0 radical (unpaired) electrons. The Morgan fingerprint density at radius 3 is 1.65 bits per heavy atom. The first kappa shape index (κ1) is 22.5. The normalized spacial score (nSPS) is 12.3. The molecule has 0 rings (SSSR count). The molecule has 0 N–H and O–H groups in total. The van der Waals surface area contributed by atoms with Crippen LogP contribution in [0.5, 0.6) is 0 Å². The first-order chi connectivity index (χ1) is 11.2. The van der Waals surface area contributed by atoms with Crippen LogP contribution < -0.4 is 0 Å².